The van der Waals surface area contributed by atoms with Crippen molar-refractivity contribution in [3.63, 3.8) is 0 Å². The van der Waals surface area contributed by atoms with Crippen LogP contribution in [0.4, 0.5) is 0 Å². The number of fused-ring (bicyclic) bond motifs is 1. The lowest BCUT2D eigenvalue weighted by atomic mass is 9.87. The van der Waals surface area contributed by atoms with Crippen molar-refractivity contribution in [1.82, 2.24) is 9.55 Å². The summed E-state index contributed by atoms with van der Waals surface area (Å²) in [4.78, 5) is 4.72. The van der Waals surface area contributed by atoms with Gasteiger partial charge in [-0.3, -0.25) is 0 Å². The van der Waals surface area contributed by atoms with E-state index in [0.717, 1.165) is 21.9 Å². The van der Waals surface area contributed by atoms with E-state index in [2.05, 4.69) is 39.2 Å². The molecule has 0 aliphatic carbocycles. The Morgan fingerprint density at radius 3 is 2.42 bits per heavy atom. The number of benzene rings is 1. The largest absolute Gasteiger partial charge is 0.324 e. The second-order valence-corrected chi connectivity index (χ2v) is 6.85. The molecule has 1 unspecified atom stereocenters. The first-order chi connectivity index (χ1) is 8.71. The molecule has 0 saturated heterocycles. The van der Waals surface area contributed by atoms with Crippen LogP contribution in [0, 0.1) is 5.41 Å². The van der Waals surface area contributed by atoms with E-state index in [4.69, 9.17) is 22.3 Å². The molecule has 0 aliphatic rings. The maximum absolute atomic E-state index is 6.40. The van der Waals surface area contributed by atoms with Crippen LogP contribution in [0.1, 0.15) is 52.5 Å². The van der Waals surface area contributed by atoms with Gasteiger partial charge >= 0.3 is 0 Å². The maximum atomic E-state index is 6.40. The van der Waals surface area contributed by atoms with Crippen molar-refractivity contribution >= 4 is 22.6 Å². The maximum Gasteiger partial charge on any atom is 0.127 e. The predicted octanol–water partition coefficient (Wildman–Crippen LogP) is 4.32. The lowest BCUT2D eigenvalue weighted by molar-refractivity contribution is 0.305. The van der Waals surface area contributed by atoms with Crippen LogP contribution in [-0.4, -0.2) is 9.55 Å². The Hall–Kier alpha value is -1.06. The monoisotopic (exact) mass is 279 g/mol. The minimum Gasteiger partial charge on any atom is -0.324 e. The van der Waals surface area contributed by atoms with E-state index in [0.29, 0.717) is 6.04 Å². The molecule has 2 rings (SSSR count). The quantitative estimate of drug-likeness (QED) is 0.890. The summed E-state index contributed by atoms with van der Waals surface area (Å²) >= 11 is 6.10. The third-order valence-electron chi connectivity index (χ3n) is 3.41. The topological polar surface area (TPSA) is 43.8 Å². The average Bonchev–Trinajstić information content (AvgIpc) is 2.64. The summed E-state index contributed by atoms with van der Waals surface area (Å²) in [6, 6.07) is 5.97. The first-order valence-corrected chi connectivity index (χ1v) is 7.02. The summed E-state index contributed by atoms with van der Waals surface area (Å²) in [5, 5.41) is 0.727. The van der Waals surface area contributed by atoms with Gasteiger partial charge < -0.3 is 10.3 Å². The highest BCUT2D eigenvalue weighted by Gasteiger charge is 2.28. The molecule has 0 radical (unpaired) electrons. The zero-order valence-corrected chi connectivity index (χ0v) is 13.0. The summed E-state index contributed by atoms with van der Waals surface area (Å²) in [5.74, 6) is 0.930. The number of hydrogen-bond donors (Lipinski definition) is 1. The second kappa shape index (κ2) is 4.80. The van der Waals surface area contributed by atoms with Crippen LogP contribution in [-0.2, 0) is 0 Å². The fraction of sp³-hybridized carbons (Fsp3) is 0.533. The van der Waals surface area contributed by atoms with Crippen LogP contribution in [0.15, 0.2) is 18.2 Å². The minimum atomic E-state index is -0.110. The number of halogens is 1. The molecule has 3 nitrogen and oxygen atoms in total. The van der Waals surface area contributed by atoms with Gasteiger partial charge in [0, 0.05) is 11.1 Å². The smallest absolute Gasteiger partial charge is 0.127 e. The van der Waals surface area contributed by atoms with Gasteiger partial charge in [-0.2, -0.15) is 0 Å². The summed E-state index contributed by atoms with van der Waals surface area (Å²) < 4.78 is 2.19. The van der Waals surface area contributed by atoms with Gasteiger partial charge in [0.1, 0.15) is 5.82 Å². The van der Waals surface area contributed by atoms with Gasteiger partial charge in [0.05, 0.1) is 17.1 Å². The van der Waals surface area contributed by atoms with Gasteiger partial charge in [-0.1, -0.05) is 32.4 Å². The molecule has 2 aromatic rings. The number of aromatic nitrogens is 2. The van der Waals surface area contributed by atoms with E-state index in [-0.39, 0.29) is 11.5 Å². The SMILES string of the molecule is CC(C)n1c(C(N)C(C)(C)C)nc2ccc(Cl)cc21. The highest BCUT2D eigenvalue weighted by Crippen LogP contribution is 2.34. The molecule has 1 atom stereocenters. The third-order valence-corrected chi connectivity index (χ3v) is 3.64. The summed E-state index contributed by atoms with van der Waals surface area (Å²) in [6.45, 7) is 10.7. The molecule has 1 heterocycles. The number of nitrogens with two attached hydrogens (primary N) is 1. The molecule has 0 bridgehead atoms. The van der Waals surface area contributed by atoms with E-state index in [1.54, 1.807) is 0 Å². The third kappa shape index (κ3) is 2.63. The molecule has 0 fully saturated rings. The van der Waals surface area contributed by atoms with Crippen LogP contribution < -0.4 is 5.73 Å². The first kappa shape index (κ1) is 14.4. The number of imidazole rings is 1. The predicted molar refractivity (Wildman–Crippen MR) is 81.5 cm³/mol. The fourth-order valence-corrected chi connectivity index (χ4v) is 2.40. The highest BCUT2D eigenvalue weighted by molar-refractivity contribution is 6.31. The molecule has 0 amide bonds. The highest BCUT2D eigenvalue weighted by atomic mass is 35.5. The van der Waals surface area contributed by atoms with Crippen molar-refractivity contribution in [1.29, 1.82) is 0 Å². The zero-order valence-electron chi connectivity index (χ0n) is 12.2. The van der Waals surface area contributed by atoms with E-state index in [1.807, 2.05) is 18.2 Å². The number of rotatable bonds is 2. The Bertz CT molecular complexity index is 593. The first-order valence-electron chi connectivity index (χ1n) is 6.65. The molecule has 104 valence electrons. The summed E-state index contributed by atoms with van der Waals surface area (Å²) in [7, 11) is 0. The molecule has 2 N–H and O–H groups in total. The van der Waals surface area contributed by atoms with Crippen molar-refractivity contribution in [3.05, 3.63) is 29.0 Å². The van der Waals surface area contributed by atoms with Gasteiger partial charge in [-0.25, -0.2) is 4.98 Å². The van der Waals surface area contributed by atoms with Gasteiger partial charge in [0.25, 0.3) is 0 Å². The van der Waals surface area contributed by atoms with Crippen LogP contribution in [0.2, 0.25) is 5.02 Å². The molecule has 0 spiro atoms. The van der Waals surface area contributed by atoms with Crippen molar-refractivity contribution in [2.45, 2.75) is 46.7 Å². The molecule has 4 heteroatoms. The number of hydrogen-bond acceptors (Lipinski definition) is 2. The zero-order chi connectivity index (χ0) is 14.4. The van der Waals surface area contributed by atoms with Crippen molar-refractivity contribution < 1.29 is 0 Å². The molecular weight excluding hydrogens is 258 g/mol. The second-order valence-electron chi connectivity index (χ2n) is 6.41. The Labute approximate surface area is 119 Å². The van der Waals surface area contributed by atoms with Crippen molar-refractivity contribution in [3.8, 4) is 0 Å². The van der Waals surface area contributed by atoms with E-state index in [1.165, 1.54) is 0 Å². The van der Waals surface area contributed by atoms with Crippen LogP contribution in [0.25, 0.3) is 11.0 Å². The molecule has 19 heavy (non-hydrogen) atoms. The minimum absolute atomic E-state index is 0.0299. The summed E-state index contributed by atoms with van der Waals surface area (Å²) in [6.07, 6.45) is 0. The van der Waals surface area contributed by atoms with E-state index in [9.17, 15) is 0 Å². The number of nitrogens with zero attached hydrogens (tertiary/aromatic N) is 2. The van der Waals surface area contributed by atoms with E-state index >= 15 is 0 Å². The Kier molecular flexibility index (Phi) is 3.63. The lowest BCUT2D eigenvalue weighted by Crippen LogP contribution is -2.29. The Balaban J connectivity index is 2.70. The molecule has 1 aromatic heterocycles. The van der Waals surface area contributed by atoms with Gasteiger partial charge in [0.2, 0.25) is 0 Å². The van der Waals surface area contributed by atoms with Crippen molar-refractivity contribution in [2.24, 2.45) is 11.1 Å². The van der Waals surface area contributed by atoms with E-state index < -0.39 is 0 Å². The molecule has 1 aromatic carbocycles. The standard InChI is InChI=1S/C15H22ClN3/c1-9(2)19-12-8-10(16)6-7-11(12)18-14(19)13(17)15(3,4)5/h6-9,13H,17H2,1-5H3. The average molecular weight is 280 g/mol. The van der Waals surface area contributed by atoms with Crippen LogP contribution in [0.3, 0.4) is 0 Å². The molecule has 0 aliphatic heterocycles. The lowest BCUT2D eigenvalue weighted by Gasteiger charge is -2.28. The Morgan fingerprint density at radius 1 is 1.26 bits per heavy atom. The van der Waals surface area contributed by atoms with Crippen LogP contribution in [0.5, 0.6) is 0 Å². The van der Waals surface area contributed by atoms with Gasteiger partial charge in [-0.05, 0) is 37.5 Å². The van der Waals surface area contributed by atoms with Crippen molar-refractivity contribution in [2.75, 3.05) is 0 Å². The van der Waals surface area contributed by atoms with Gasteiger partial charge in [-0.15, -0.1) is 0 Å². The molecule has 0 saturated carbocycles. The molecular formula is C15H22ClN3. The Morgan fingerprint density at radius 2 is 1.89 bits per heavy atom. The summed E-state index contributed by atoms with van der Waals surface area (Å²) in [5.41, 5.74) is 8.37. The normalized spacial score (nSPS) is 14.3. The van der Waals surface area contributed by atoms with Gasteiger partial charge in [0.15, 0.2) is 0 Å². The fourth-order valence-electron chi connectivity index (χ4n) is 2.23. The van der Waals surface area contributed by atoms with Crippen LogP contribution >= 0.6 is 11.6 Å².